The molecule has 1 aromatic rings. The van der Waals surface area contributed by atoms with Gasteiger partial charge < -0.3 is 25.4 Å². The highest BCUT2D eigenvalue weighted by Gasteiger charge is 2.40. The van der Waals surface area contributed by atoms with E-state index in [0.29, 0.717) is 11.3 Å². The van der Waals surface area contributed by atoms with Crippen LogP contribution in [0.4, 0.5) is 10.5 Å². The van der Waals surface area contributed by atoms with Gasteiger partial charge in [-0.15, -0.1) is 0 Å². The Morgan fingerprint density at radius 2 is 1.88 bits per heavy atom. The van der Waals surface area contributed by atoms with Crippen molar-refractivity contribution in [2.45, 2.75) is 38.5 Å². The minimum Gasteiger partial charge on any atom is -0.480 e. The zero-order chi connectivity index (χ0) is 18.6. The molecule has 1 saturated heterocycles. The van der Waals surface area contributed by atoms with Crippen molar-refractivity contribution in [2.24, 2.45) is 0 Å². The van der Waals surface area contributed by atoms with Crippen LogP contribution in [0.5, 0.6) is 0 Å². The molecule has 1 heterocycles. The lowest BCUT2D eigenvalue weighted by molar-refractivity contribution is -0.141. The van der Waals surface area contributed by atoms with Crippen molar-refractivity contribution in [3.63, 3.8) is 0 Å². The van der Waals surface area contributed by atoms with Gasteiger partial charge in [0, 0.05) is 37.4 Å². The lowest BCUT2D eigenvalue weighted by Gasteiger charge is -2.21. The van der Waals surface area contributed by atoms with Crippen LogP contribution in [0.3, 0.4) is 0 Å². The van der Waals surface area contributed by atoms with Gasteiger partial charge in [-0.2, -0.15) is 0 Å². The van der Waals surface area contributed by atoms with Crippen molar-refractivity contribution in [2.75, 3.05) is 19.0 Å². The number of nitrogens with zero attached hydrogens (tertiary/aromatic N) is 1. The van der Waals surface area contributed by atoms with E-state index in [2.05, 4.69) is 10.6 Å². The molecule has 2 rings (SSSR count). The standard InChI is InChI=1S/C17H23N3O5/c1-10(2)18-17(24)19-12-6-4-11(5-7-12)15(21)20-9-13(25-3)8-14(20)16(22)23/h4-7,10,13-14H,8-9H2,1-3H3,(H,22,23)(H2,18,19,24). The number of likely N-dealkylation sites (tertiary alicyclic amines) is 1. The van der Waals surface area contributed by atoms with Gasteiger partial charge in [0.15, 0.2) is 0 Å². The summed E-state index contributed by atoms with van der Waals surface area (Å²) in [5.74, 6) is -1.42. The second-order valence-electron chi connectivity index (χ2n) is 6.24. The monoisotopic (exact) mass is 349 g/mol. The van der Waals surface area contributed by atoms with E-state index in [-0.39, 0.29) is 37.0 Å². The van der Waals surface area contributed by atoms with Crippen molar-refractivity contribution in [3.05, 3.63) is 29.8 Å². The number of amides is 3. The topological polar surface area (TPSA) is 108 Å². The van der Waals surface area contributed by atoms with Crippen LogP contribution in [0.1, 0.15) is 30.6 Å². The van der Waals surface area contributed by atoms with Crippen molar-refractivity contribution in [1.29, 1.82) is 0 Å². The summed E-state index contributed by atoms with van der Waals surface area (Å²) in [6.07, 6.45) is -0.0159. The van der Waals surface area contributed by atoms with E-state index >= 15 is 0 Å². The Labute approximate surface area is 146 Å². The first kappa shape index (κ1) is 18.7. The maximum absolute atomic E-state index is 12.6. The molecule has 8 nitrogen and oxygen atoms in total. The zero-order valence-corrected chi connectivity index (χ0v) is 14.5. The van der Waals surface area contributed by atoms with E-state index in [1.165, 1.54) is 12.0 Å². The summed E-state index contributed by atoms with van der Waals surface area (Å²) >= 11 is 0. The fourth-order valence-electron chi connectivity index (χ4n) is 2.72. The number of carbonyl (C=O) groups is 3. The predicted molar refractivity (Wildman–Crippen MR) is 91.6 cm³/mol. The predicted octanol–water partition coefficient (Wildman–Crippen LogP) is 1.53. The smallest absolute Gasteiger partial charge is 0.326 e. The van der Waals surface area contributed by atoms with Gasteiger partial charge in [-0.1, -0.05) is 0 Å². The third-order valence-corrected chi connectivity index (χ3v) is 3.95. The second kappa shape index (κ2) is 7.98. The van der Waals surface area contributed by atoms with Crippen LogP contribution in [-0.2, 0) is 9.53 Å². The maximum atomic E-state index is 12.6. The molecule has 0 radical (unpaired) electrons. The third-order valence-electron chi connectivity index (χ3n) is 3.95. The third kappa shape index (κ3) is 4.69. The number of anilines is 1. The summed E-state index contributed by atoms with van der Waals surface area (Å²) in [7, 11) is 1.50. The molecule has 1 aliphatic rings. The van der Waals surface area contributed by atoms with Gasteiger partial charge in [0.25, 0.3) is 5.91 Å². The molecule has 1 fully saturated rings. The van der Waals surface area contributed by atoms with Crippen LogP contribution in [0.15, 0.2) is 24.3 Å². The normalized spacial score (nSPS) is 19.8. The van der Waals surface area contributed by atoms with Gasteiger partial charge in [-0.05, 0) is 38.1 Å². The summed E-state index contributed by atoms with van der Waals surface area (Å²) < 4.78 is 5.19. The lowest BCUT2D eigenvalue weighted by atomic mass is 10.1. The van der Waals surface area contributed by atoms with Crippen LogP contribution in [0.25, 0.3) is 0 Å². The summed E-state index contributed by atoms with van der Waals surface area (Å²) in [5, 5.41) is 14.7. The van der Waals surface area contributed by atoms with Crippen molar-refractivity contribution in [3.8, 4) is 0 Å². The Morgan fingerprint density at radius 3 is 2.40 bits per heavy atom. The molecule has 3 N–H and O–H groups in total. The number of rotatable bonds is 5. The maximum Gasteiger partial charge on any atom is 0.326 e. The van der Waals surface area contributed by atoms with Crippen LogP contribution in [0.2, 0.25) is 0 Å². The number of aliphatic carboxylic acids is 1. The summed E-state index contributed by atoms with van der Waals surface area (Å²) in [5.41, 5.74) is 0.901. The van der Waals surface area contributed by atoms with E-state index in [1.54, 1.807) is 24.3 Å². The fraction of sp³-hybridized carbons (Fsp3) is 0.471. The lowest BCUT2D eigenvalue weighted by Crippen LogP contribution is -2.40. The first-order chi connectivity index (χ1) is 11.8. The van der Waals surface area contributed by atoms with E-state index in [1.807, 2.05) is 13.8 Å². The molecule has 0 bridgehead atoms. The zero-order valence-electron chi connectivity index (χ0n) is 14.5. The highest BCUT2D eigenvalue weighted by molar-refractivity contribution is 5.98. The van der Waals surface area contributed by atoms with E-state index < -0.39 is 12.0 Å². The van der Waals surface area contributed by atoms with Gasteiger partial charge in [0.05, 0.1) is 6.10 Å². The Bertz CT molecular complexity index is 644. The van der Waals surface area contributed by atoms with Crippen LogP contribution in [0, 0.1) is 0 Å². The number of hydrogen-bond donors (Lipinski definition) is 3. The molecule has 136 valence electrons. The highest BCUT2D eigenvalue weighted by atomic mass is 16.5. The number of benzene rings is 1. The Balaban J connectivity index is 2.07. The number of carboxylic acid groups (broad SMARTS) is 1. The molecular formula is C17H23N3O5. The number of carboxylic acids is 1. The number of nitrogens with one attached hydrogen (secondary N) is 2. The van der Waals surface area contributed by atoms with Crippen molar-refractivity contribution < 1.29 is 24.2 Å². The molecule has 0 aromatic heterocycles. The molecule has 0 aliphatic carbocycles. The molecule has 25 heavy (non-hydrogen) atoms. The molecule has 1 aromatic carbocycles. The average molecular weight is 349 g/mol. The molecule has 2 unspecified atom stereocenters. The van der Waals surface area contributed by atoms with Crippen molar-refractivity contribution >= 4 is 23.6 Å². The number of carbonyl (C=O) groups excluding carboxylic acids is 2. The summed E-state index contributed by atoms with van der Waals surface area (Å²) in [4.78, 5) is 36.9. The minimum absolute atomic E-state index is 0.0118. The first-order valence-electron chi connectivity index (χ1n) is 8.06. The van der Waals surface area contributed by atoms with Gasteiger partial charge in [0.2, 0.25) is 0 Å². The first-order valence-corrected chi connectivity index (χ1v) is 8.06. The minimum atomic E-state index is -1.04. The summed E-state index contributed by atoms with van der Waals surface area (Å²) in [6.45, 7) is 3.94. The number of methoxy groups -OCH3 is 1. The second-order valence-corrected chi connectivity index (χ2v) is 6.24. The summed E-state index contributed by atoms with van der Waals surface area (Å²) in [6, 6.07) is 5.12. The quantitative estimate of drug-likeness (QED) is 0.747. The molecule has 8 heteroatoms. The van der Waals surface area contributed by atoms with Gasteiger partial charge in [0.1, 0.15) is 6.04 Å². The molecule has 1 aliphatic heterocycles. The van der Waals surface area contributed by atoms with Gasteiger partial charge in [-0.25, -0.2) is 9.59 Å². The van der Waals surface area contributed by atoms with Crippen LogP contribution in [-0.4, -0.2) is 59.8 Å². The SMILES string of the molecule is COC1CC(C(=O)O)N(C(=O)c2ccc(NC(=O)NC(C)C)cc2)C1. The molecule has 0 saturated carbocycles. The fourth-order valence-corrected chi connectivity index (χ4v) is 2.72. The van der Waals surface area contributed by atoms with Crippen molar-refractivity contribution in [1.82, 2.24) is 10.2 Å². The number of urea groups is 1. The molecule has 2 atom stereocenters. The van der Waals surface area contributed by atoms with E-state index in [0.717, 1.165) is 0 Å². The molecule has 3 amide bonds. The van der Waals surface area contributed by atoms with Crippen LogP contribution < -0.4 is 10.6 Å². The van der Waals surface area contributed by atoms with Crippen LogP contribution >= 0.6 is 0 Å². The highest BCUT2D eigenvalue weighted by Crippen LogP contribution is 2.23. The van der Waals surface area contributed by atoms with Gasteiger partial charge in [-0.3, -0.25) is 4.79 Å². The molecule has 0 spiro atoms. The number of hydrogen-bond acceptors (Lipinski definition) is 4. The Morgan fingerprint density at radius 1 is 1.24 bits per heavy atom. The molecular weight excluding hydrogens is 326 g/mol. The number of ether oxygens (including phenoxy) is 1. The average Bonchev–Trinajstić information content (AvgIpc) is 2.98. The largest absolute Gasteiger partial charge is 0.480 e. The Hall–Kier alpha value is -2.61. The van der Waals surface area contributed by atoms with E-state index in [9.17, 15) is 19.5 Å². The van der Waals surface area contributed by atoms with E-state index in [4.69, 9.17) is 4.74 Å². The van der Waals surface area contributed by atoms with Gasteiger partial charge >= 0.3 is 12.0 Å². The Kier molecular flexibility index (Phi) is 5.97.